The number of ether oxygens (including phenoxy) is 3. The standard InChI is InChI=1S/C21H21Cl2FN4O3/c1-28-3-4-30-12(9-28)10-31-20-8-17-13(5-19(20)29-2)21(26-11-25-17)27-18-7-15(23)14(22)6-16(18)24/h5-8,11-12H,3-4,9-10H2,1-2H3,(H,25,26,27). The zero-order valence-electron chi connectivity index (χ0n) is 17.0. The van der Waals surface area contributed by atoms with Gasteiger partial charge in [0.2, 0.25) is 0 Å². The van der Waals surface area contributed by atoms with Gasteiger partial charge in [0.25, 0.3) is 0 Å². The molecule has 1 N–H and O–H groups in total. The van der Waals surface area contributed by atoms with E-state index in [-0.39, 0.29) is 21.8 Å². The second-order valence-electron chi connectivity index (χ2n) is 7.18. The molecule has 7 nitrogen and oxygen atoms in total. The van der Waals surface area contributed by atoms with Crippen LogP contribution in [-0.2, 0) is 4.74 Å². The Hall–Kier alpha value is -2.39. The molecule has 2 aromatic carbocycles. The van der Waals surface area contributed by atoms with E-state index in [1.54, 1.807) is 19.2 Å². The Bertz CT molecular complexity index is 1100. The van der Waals surface area contributed by atoms with E-state index >= 15 is 0 Å². The third-order valence-corrected chi connectivity index (χ3v) is 5.67. The SMILES string of the molecule is COc1cc2c(Nc3cc(Cl)c(Cl)cc3F)ncnc2cc1OCC1CN(C)CCO1. The van der Waals surface area contributed by atoms with Gasteiger partial charge in [-0.1, -0.05) is 23.2 Å². The predicted octanol–water partition coefficient (Wildman–Crippen LogP) is 4.54. The van der Waals surface area contributed by atoms with Crippen molar-refractivity contribution in [2.45, 2.75) is 6.10 Å². The number of aromatic nitrogens is 2. The largest absolute Gasteiger partial charge is 0.493 e. The molecule has 31 heavy (non-hydrogen) atoms. The molecule has 0 bridgehead atoms. The quantitative estimate of drug-likeness (QED) is 0.534. The highest BCUT2D eigenvalue weighted by Crippen LogP contribution is 2.36. The fraction of sp³-hybridized carbons (Fsp3) is 0.333. The van der Waals surface area contributed by atoms with Gasteiger partial charge in [-0.25, -0.2) is 14.4 Å². The average Bonchev–Trinajstić information content (AvgIpc) is 2.75. The van der Waals surface area contributed by atoms with Gasteiger partial charge in [0, 0.05) is 24.5 Å². The molecule has 1 unspecified atom stereocenters. The van der Waals surface area contributed by atoms with Crippen LogP contribution in [-0.4, -0.2) is 61.4 Å². The molecule has 1 aliphatic heterocycles. The first-order chi connectivity index (χ1) is 14.9. The van der Waals surface area contributed by atoms with Crippen molar-refractivity contribution in [1.82, 2.24) is 14.9 Å². The van der Waals surface area contributed by atoms with Crippen molar-refractivity contribution in [2.75, 3.05) is 45.8 Å². The minimum absolute atomic E-state index is 0.0283. The number of nitrogens with one attached hydrogen (secondary N) is 1. The maximum absolute atomic E-state index is 14.3. The third-order valence-electron chi connectivity index (χ3n) is 4.95. The Balaban J connectivity index is 1.61. The number of methoxy groups -OCH3 is 1. The summed E-state index contributed by atoms with van der Waals surface area (Å²) in [5.41, 5.74) is 0.753. The summed E-state index contributed by atoms with van der Waals surface area (Å²) >= 11 is 11.9. The van der Waals surface area contributed by atoms with Gasteiger partial charge in [-0.15, -0.1) is 0 Å². The normalized spacial score (nSPS) is 17.0. The van der Waals surface area contributed by atoms with Gasteiger partial charge in [0.15, 0.2) is 11.5 Å². The first-order valence-corrected chi connectivity index (χ1v) is 10.4. The highest BCUT2D eigenvalue weighted by molar-refractivity contribution is 6.42. The number of rotatable bonds is 6. The highest BCUT2D eigenvalue weighted by Gasteiger charge is 2.20. The molecule has 0 saturated carbocycles. The van der Waals surface area contributed by atoms with Gasteiger partial charge < -0.3 is 24.4 Å². The Labute approximate surface area is 189 Å². The van der Waals surface area contributed by atoms with Gasteiger partial charge in [0.1, 0.15) is 30.7 Å². The molecule has 0 aliphatic carbocycles. The topological polar surface area (TPSA) is 68.7 Å². The lowest BCUT2D eigenvalue weighted by Crippen LogP contribution is -2.42. The minimum atomic E-state index is -0.550. The number of morpholine rings is 1. The lowest BCUT2D eigenvalue weighted by Gasteiger charge is -2.30. The molecule has 10 heteroatoms. The van der Waals surface area contributed by atoms with Crippen LogP contribution in [0.4, 0.5) is 15.9 Å². The van der Waals surface area contributed by atoms with E-state index in [1.807, 2.05) is 7.05 Å². The summed E-state index contributed by atoms with van der Waals surface area (Å²) in [6, 6.07) is 6.06. The monoisotopic (exact) mass is 466 g/mol. The fourth-order valence-electron chi connectivity index (χ4n) is 3.33. The summed E-state index contributed by atoms with van der Waals surface area (Å²) in [6.45, 7) is 2.76. The first kappa shape index (κ1) is 21.8. The van der Waals surface area contributed by atoms with Crippen molar-refractivity contribution < 1.29 is 18.6 Å². The molecule has 1 saturated heterocycles. The lowest BCUT2D eigenvalue weighted by molar-refractivity contribution is -0.0406. The molecule has 1 aromatic heterocycles. The summed E-state index contributed by atoms with van der Waals surface area (Å²) in [4.78, 5) is 10.8. The van der Waals surface area contributed by atoms with Gasteiger partial charge in [-0.2, -0.15) is 0 Å². The molecule has 3 aromatic rings. The molecule has 2 heterocycles. The Morgan fingerprint density at radius 2 is 2.00 bits per heavy atom. The van der Waals surface area contributed by atoms with Gasteiger partial charge in [-0.3, -0.25) is 0 Å². The number of anilines is 2. The van der Waals surface area contributed by atoms with Crippen molar-refractivity contribution in [1.29, 1.82) is 0 Å². The Morgan fingerprint density at radius 3 is 2.77 bits per heavy atom. The maximum atomic E-state index is 14.3. The van der Waals surface area contributed by atoms with E-state index in [9.17, 15) is 4.39 Å². The zero-order chi connectivity index (χ0) is 22.0. The van der Waals surface area contributed by atoms with Crippen LogP contribution < -0.4 is 14.8 Å². The summed E-state index contributed by atoms with van der Waals surface area (Å²) in [5, 5.41) is 3.94. The number of hydrogen-bond donors (Lipinski definition) is 1. The van der Waals surface area contributed by atoms with Crippen LogP contribution in [0.3, 0.4) is 0 Å². The number of nitrogens with zero attached hydrogens (tertiary/aromatic N) is 3. The molecule has 0 radical (unpaired) electrons. The Morgan fingerprint density at radius 1 is 1.19 bits per heavy atom. The smallest absolute Gasteiger partial charge is 0.163 e. The van der Waals surface area contributed by atoms with Crippen LogP contribution in [0.5, 0.6) is 11.5 Å². The van der Waals surface area contributed by atoms with Crippen molar-refractivity contribution in [3.63, 3.8) is 0 Å². The van der Waals surface area contributed by atoms with E-state index in [4.69, 9.17) is 37.4 Å². The molecule has 1 atom stereocenters. The van der Waals surface area contributed by atoms with Gasteiger partial charge in [-0.05, 0) is 25.2 Å². The van der Waals surface area contributed by atoms with E-state index < -0.39 is 5.82 Å². The van der Waals surface area contributed by atoms with Crippen molar-refractivity contribution in [2.24, 2.45) is 0 Å². The van der Waals surface area contributed by atoms with Crippen LogP contribution >= 0.6 is 23.2 Å². The molecule has 4 rings (SSSR count). The van der Waals surface area contributed by atoms with Gasteiger partial charge >= 0.3 is 0 Å². The molecule has 164 valence electrons. The minimum Gasteiger partial charge on any atom is -0.493 e. The van der Waals surface area contributed by atoms with Crippen molar-refractivity contribution >= 4 is 45.6 Å². The van der Waals surface area contributed by atoms with E-state index in [2.05, 4.69) is 20.2 Å². The van der Waals surface area contributed by atoms with E-state index in [0.29, 0.717) is 41.4 Å². The molecule has 1 fully saturated rings. The number of hydrogen-bond acceptors (Lipinski definition) is 7. The maximum Gasteiger partial charge on any atom is 0.163 e. The van der Waals surface area contributed by atoms with E-state index in [1.165, 1.54) is 12.4 Å². The summed E-state index contributed by atoms with van der Waals surface area (Å²) in [7, 11) is 3.60. The first-order valence-electron chi connectivity index (χ1n) is 9.62. The van der Waals surface area contributed by atoms with Crippen molar-refractivity contribution in [3.8, 4) is 11.5 Å². The molecular weight excluding hydrogens is 446 g/mol. The molecule has 0 amide bonds. The van der Waals surface area contributed by atoms with E-state index in [0.717, 1.165) is 19.2 Å². The average molecular weight is 467 g/mol. The number of fused-ring (bicyclic) bond motifs is 1. The number of halogens is 3. The van der Waals surface area contributed by atoms with Crippen LogP contribution in [0.2, 0.25) is 10.0 Å². The summed E-state index contributed by atoms with van der Waals surface area (Å²) in [5.74, 6) is 0.885. The molecular formula is C21H21Cl2FN4O3. The summed E-state index contributed by atoms with van der Waals surface area (Å²) in [6.07, 6.45) is 1.36. The second kappa shape index (κ2) is 9.40. The Kier molecular flexibility index (Phi) is 6.62. The third kappa shape index (κ3) is 4.93. The molecule has 1 aliphatic rings. The fourth-order valence-corrected chi connectivity index (χ4v) is 3.65. The summed E-state index contributed by atoms with van der Waals surface area (Å²) < 4.78 is 31.6. The van der Waals surface area contributed by atoms with Crippen molar-refractivity contribution in [3.05, 3.63) is 46.5 Å². The van der Waals surface area contributed by atoms with Crippen LogP contribution in [0.1, 0.15) is 0 Å². The predicted molar refractivity (Wildman–Crippen MR) is 119 cm³/mol. The number of benzene rings is 2. The lowest BCUT2D eigenvalue weighted by atomic mass is 10.2. The zero-order valence-corrected chi connectivity index (χ0v) is 18.5. The number of likely N-dealkylation sites (N-methyl/N-ethyl adjacent to an activating group) is 1. The van der Waals surface area contributed by atoms with Crippen LogP contribution in [0.15, 0.2) is 30.6 Å². The second-order valence-corrected chi connectivity index (χ2v) is 7.99. The van der Waals surface area contributed by atoms with Gasteiger partial charge in [0.05, 0.1) is 35.0 Å². The van der Waals surface area contributed by atoms with Crippen LogP contribution in [0, 0.1) is 5.82 Å². The highest BCUT2D eigenvalue weighted by atomic mass is 35.5. The molecule has 0 spiro atoms. The van der Waals surface area contributed by atoms with Crippen LogP contribution in [0.25, 0.3) is 10.9 Å².